The Kier molecular flexibility index (Phi) is 16.0. The molecule has 0 unspecified atom stereocenters. The number of amides is 1. The van der Waals surface area contributed by atoms with Crippen LogP contribution in [-0.4, -0.2) is 12.5 Å². The number of anilines is 1. The number of nitrogens with one attached hydrogen (secondary N) is 1. The van der Waals surface area contributed by atoms with E-state index >= 15 is 0 Å². The highest BCUT2D eigenvalue weighted by Crippen LogP contribution is 2.21. The third kappa shape index (κ3) is 11.7. The van der Waals surface area contributed by atoms with Crippen LogP contribution in [0.4, 0.5) is 5.69 Å². The molecule has 1 heterocycles. The summed E-state index contributed by atoms with van der Waals surface area (Å²) in [7, 11) is 0. The molecule has 0 saturated carbocycles. The SMILES string of the molecule is CCCCCCCCCCCCCCOc1ccccc1C(=O)Nc1ccc(C[n+]2cscc2C)cc1.[Br-]. The second-order valence-electron chi connectivity index (χ2n) is 10.0. The van der Waals surface area contributed by atoms with Gasteiger partial charge in [0.05, 0.1) is 17.6 Å². The van der Waals surface area contributed by atoms with Crippen LogP contribution in [0.5, 0.6) is 5.75 Å². The van der Waals surface area contributed by atoms with E-state index in [1.54, 1.807) is 11.3 Å². The summed E-state index contributed by atoms with van der Waals surface area (Å²) in [6.45, 7) is 5.87. The van der Waals surface area contributed by atoms with Crippen LogP contribution in [0.25, 0.3) is 0 Å². The van der Waals surface area contributed by atoms with Crippen molar-refractivity contribution in [1.82, 2.24) is 0 Å². The fourth-order valence-electron chi connectivity index (χ4n) is 4.51. The Balaban J connectivity index is 0.00000507. The van der Waals surface area contributed by atoms with E-state index in [9.17, 15) is 4.79 Å². The molecule has 38 heavy (non-hydrogen) atoms. The van der Waals surface area contributed by atoms with Gasteiger partial charge in [0.2, 0.25) is 5.51 Å². The molecular formula is C32H45BrN2O2S. The molecule has 1 N–H and O–H groups in total. The number of unbranched alkanes of at least 4 members (excludes halogenated alkanes) is 11. The summed E-state index contributed by atoms with van der Waals surface area (Å²) in [6, 6.07) is 15.6. The van der Waals surface area contributed by atoms with Gasteiger partial charge in [0.15, 0.2) is 12.2 Å². The second kappa shape index (κ2) is 19.0. The molecule has 0 aliphatic carbocycles. The minimum Gasteiger partial charge on any atom is -1.00 e. The van der Waals surface area contributed by atoms with E-state index < -0.39 is 0 Å². The number of halogens is 1. The Labute approximate surface area is 244 Å². The van der Waals surface area contributed by atoms with Gasteiger partial charge in [-0.05, 0) is 30.7 Å². The van der Waals surface area contributed by atoms with E-state index in [-0.39, 0.29) is 22.9 Å². The molecule has 208 valence electrons. The van der Waals surface area contributed by atoms with Gasteiger partial charge < -0.3 is 27.0 Å². The standard InChI is InChI=1S/C32H44N2O2S.BrH/c1-3-4-5-6-7-8-9-10-11-12-13-16-23-36-31-18-15-14-17-30(31)32(35)33-29-21-19-28(20-22-29)24-34-26-37-25-27(34)2;/h14-15,17-22,25-26H,3-13,16,23-24H2,1-2H3;1H. The van der Waals surface area contributed by atoms with Gasteiger partial charge in [-0.2, -0.15) is 4.57 Å². The van der Waals surface area contributed by atoms with Crippen LogP contribution in [0.2, 0.25) is 0 Å². The molecule has 0 bridgehead atoms. The van der Waals surface area contributed by atoms with Crippen LogP contribution in [0.1, 0.15) is 106 Å². The quantitative estimate of drug-likeness (QED) is 0.150. The van der Waals surface area contributed by atoms with Crippen molar-refractivity contribution >= 4 is 22.9 Å². The molecule has 0 aliphatic heterocycles. The smallest absolute Gasteiger partial charge is 0.259 e. The first-order valence-electron chi connectivity index (χ1n) is 14.2. The number of carbonyl (C=O) groups excluding carboxylic acids is 1. The van der Waals surface area contributed by atoms with Crippen molar-refractivity contribution in [2.75, 3.05) is 11.9 Å². The maximum absolute atomic E-state index is 13.0. The van der Waals surface area contributed by atoms with Crippen molar-refractivity contribution in [2.45, 2.75) is 97.4 Å². The number of hydrogen-bond donors (Lipinski definition) is 1. The minimum absolute atomic E-state index is 0. The van der Waals surface area contributed by atoms with Gasteiger partial charge in [0.25, 0.3) is 5.91 Å². The van der Waals surface area contributed by atoms with Crippen LogP contribution in [-0.2, 0) is 6.54 Å². The average molecular weight is 602 g/mol. The van der Waals surface area contributed by atoms with Gasteiger partial charge in [-0.15, -0.1) is 0 Å². The van der Waals surface area contributed by atoms with Gasteiger partial charge >= 0.3 is 0 Å². The summed E-state index contributed by atoms with van der Waals surface area (Å²) in [5.74, 6) is 0.519. The number of para-hydroxylation sites is 1. The first-order valence-corrected chi connectivity index (χ1v) is 15.2. The van der Waals surface area contributed by atoms with Crippen LogP contribution >= 0.6 is 11.3 Å². The lowest BCUT2D eigenvalue weighted by atomic mass is 10.1. The molecule has 1 amide bonds. The third-order valence-corrected chi connectivity index (χ3v) is 7.68. The summed E-state index contributed by atoms with van der Waals surface area (Å²) >= 11 is 1.70. The summed E-state index contributed by atoms with van der Waals surface area (Å²) in [5, 5.41) is 5.17. The number of ether oxygens (including phenoxy) is 1. The number of benzene rings is 2. The molecule has 0 atom stereocenters. The van der Waals surface area contributed by atoms with Gasteiger partial charge in [-0.1, -0.05) is 113 Å². The fraction of sp³-hybridized carbons (Fsp3) is 0.500. The van der Waals surface area contributed by atoms with E-state index in [0.29, 0.717) is 17.9 Å². The molecule has 1 aromatic heterocycles. The van der Waals surface area contributed by atoms with E-state index in [2.05, 4.69) is 46.8 Å². The van der Waals surface area contributed by atoms with Crippen molar-refractivity contribution < 1.29 is 31.1 Å². The predicted molar refractivity (Wildman–Crippen MR) is 156 cm³/mol. The first kappa shape index (κ1) is 32.0. The highest BCUT2D eigenvalue weighted by molar-refractivity contribution is 7.07. The number of aryl methyl sites for hydroxylation is 1. The molecule has 0 spiro atoms. The molecule has 3 aromatic rings. The zero-order valence-corrected chi connectivity index (χ0v) is 25.6. The molecule has 2 aromatic carbocycles. The molecule has 0 aliphatic rings. The maximum atomic E-state index is 13.0. The van der Waals surface area contributed by atoms with Crippen molar-refractivity contribution in [3.05, 3.63) is 76.2 Å². The summed E-state index contributed by atoms with van der Waals surface area (Å²) in [4.78, 5) is 13.0. The van der Waals surface area contributed by atoms with Gasteiger partial charge in [0.1, 0.15) is 5.75 Å². The number of carbonyl (C=O) groups is 1. The molecule has 0 fully saturated rings. The summed E-state index contributed by atoms with van der Waals surface area (Å²) < 4.78 is 8.24. The Morgan fingerprint density at radius 1 is 0.842 bits per heavy atom. The third-order valence-electron chi connectivity index (χ3n) is 6.83. The van der Waals surface area contributed by atoms with Crippen LogP contribution < -0.4 is 31.6 Å². The van der Waals surface area contributed by atoms with Gasteiger partial charge in [0, 0.05) is 18.2 Å². The molecule has 4 nitrogen and oxygen atoms in total. The zero-order chi connectivity index (χ0) is 26.1. The Bertz CT molecular complexity index is 1050. The number of hydrogen-bond acceptors (Lipinski definition) is 3. The van der Waals surface area contributed by atoms with Crippen LogP contribution in [0, 0.1) is 6.92 Å². The van der Waals surface area contributed by atoms with E-state index in [0.717, 1.165) is 18.7 Å². The Hall–Kier alpha value is -2.18. The molecular weight excluding hydrogens is 556 g/mol. The fourth-order valence-corrected chi connectivity index (χ4v) is 5.29. The molecule has 3 rings (SSSR count). The molecule has 0 saturated heterocycles. The normalized spacial score (nSPS) is 10.7. The van der Waals surface area contributed by atoms with Gasteiger partial charge in [-0.3, -0.25) is 4.79 Å². The Morgan fingerprint density at radius 2 is 1.45 bits per heavy atom. The summed E-state index contributed by atoms with van der Waals surface area (Å²) in [5.41, 5.74) is 5.95. The lowest BCUT2D eigenvalue weighted by Crippen LogP contribution is -3.00. The monoisotopic (exact) mass is 600 g/mol. The van der Waals surface area contributed by atoms with Crippen molar-refractivity contribution in [3.63, 3.8) is 0 Å². The van der Waals surface area contributed by atoms with Gasteiger partial charge in [-0.25, -0.2) is 0 Å². The summed E-state index contributed by atoms with van der Waals surface area (Å²) in [6.07, 6.45) is 15.8. The number of nitrogens with zero attached hydrogens (tertiary/aromatic N) is 1. The topological polar surface area (TPSA) is 42.2 Å². The Morgan fingerprint density at radius 3 is 2.05 bits per heavy atom. The van der Waals surface area contributed by atoms with E-state index in [4.69, 9.17) is 4.74 Å². The van der Waals surface area contributed by atoms with E-state index in [1.807, 2.05) is 36.4 Å². The number of aromatic nitrogens is 1. The second-order valence-corrected chi connectivity index (χ2v) is 10.7. The van der Waals surface area contributed by atoms with Crippen LogP contribution in [0.3, 0.4) is 0 Å². The largest absolute Gasteiger partial charge is 1.00 e. The molecule has 0 radical (unpaired) electrons. The highest BCUT2D eigenvalue weighted by atomic mass is 79.9. The first-order chi connectivity index (χ1) is 18.2. The lowest BCUT2D eigenvalue weighted by Gasteiger charge is -2.12. The van der Waals surface area contributed by atoms with Crippen molar-refractivity contribution in [3.8, 4) is 5.75 Å². The lowest BCUT2D eigenvalue weighted by molar-refractivity contribution is -0.689. The minimum atomic E-state index is -0.138. The zero-order valence-electron chi connectivity index (χ0n) is 23.2. The van der Waals surface area contributed by atoms with Crippen molar-refractivity contribution in [2.24, 2.45) is 0 Å². The van der Waals surface area contributed by atoms with Crippen molar-refractivity contribution in [1.29, 1.82) is 0 Å². The highest BCUT2D eigenvalue weighted by Gasteiger charge is 2.13. The molecule has 6 heteroatoms. The maximum Gasteiger partial charge on any atom is 0.259 e. The van der Waals surface area contributed by atoms with Crippen LogP contribution in [0.15, 0.2) is 59.4 Å². The van der Waals surface area contributed by atoms with E-state index in [1.165, 1.54) is 81.9 Å². The average Bonchev–Trinajstić information content (AvgIpc) is 3.32. The number of rotatable bonds is 18. The number of thiazole rings is 1. The predicted octanol–water partition coefficient (Wildman–Crippen LogP) is 5.73.